The van der Waals surface area contributed by atoms with Crippen molar-refractivity contribution in [3.8, 4) is 17.0 Å². The number of ether oxygens (including phenoxy) is 3. The summed E-state index contributed by atoms with van der Waals surface area (Å²) in [4.78, 5) is 29.0. The van der Waals surface area contributed by atoms with Crippen molar-refractivity contribution in [3.63, 3.8) is 0 Å². The minimum Gasteiger partial charge on any atom is -0.467 e. The van der Waals surface area contributed by atoms with Crippen molar-refractivity contribution >= 4 is 22.6 Å². The van der Waals surface area contributed by atoms with Crippen LogP contribution in [0.1, 0.15) is 27.0 Å². The molecule has 0 bridgehead atoms. The van der Waals surface area contributed by atoms with E-state index >= 15 is 0 Å². The monoisotopic (exact) mass is 456 g/mol. The molecule has 0 unspecified atom stereocenters. The van der Waals surface area contributed by atoms with Gasteiger partial charge < -0.3 is 14.2 Å². The summed E-state index contributed by atoms with van der Waals surface area (Å²) in [5.41, 5.74) is 4.21. The third-order valence-corrected chi connectivity index (χ3v) is 5.73. The van der Waals surface area contributed by atoms with Gasteiger partial charge >= 0.3 is 5.97 Å². The number of non-ortho nitro benzene ring substituents is 1. The predicted octanol–water partition coefficient (Wildman–Crippen LogP) is 5.34. The van der Waals surface area contributed by atoms with E-state index in [2.05, 4.69) is 0 Å². The van der Waals surface area contributed by atoms with E-state index in [0.717, 1.165) is 5.56 Å². The first-order valence-electron chi connectivity index (χ1n) is 10.7. The number of carbonyl (C=O) groups is 1. The van der Waals surface area contributed by atoms with Crippen LogP contribution < -0.4 is 4.74 Å². The van der Waals surface area contributed by atoms with Crippen LogP contribution in [-0.4, -0.2) is 22.7 Å². The first-order valence-corrected chi connectivity index (χ1v) is 10.7. The molecule has 0 amide bonds. The van der Waals surface area contributed by atoms with Gasteiger partial charge in [-0.1, -0.05) is 48.5 Å². The van der Waals surface area contributed by atoms with Crippen molar-refractivity contribution in [2.45, 2.75) is 20.1 Å². The standard InChI is InChI=1S/C26H20N2O6/c1-16-23(21-9-5-6-10-22(21)27-24(16)17-7-3-2-4-8-17)26(29)33-14-19-12-20(28(30)31)11-18-13-32-15-34-25(18)19/h2-12H,13-15H2,1H3. The molecule has 1 aromatic heterocycles. The lowest BCUT2D eigenvalue weighted by atomic mass is 9.98. The van der Waals surface area contributed by atoms with Gasteiger partial charge in [0.2, 0.25) is 0 Å². The molecule has 0 spiro atoms. The second kappa shape index (κ2) is 8.92. The normalized spacial score (nSPS) is 12.6. The average Bonchev–Trinajstić information content (AvgIpc) is 2.87. The maximum Gasteiger partial charge on any atom is 0.339 e. The van der Waals surface area contributed by atoms with Crippen molar-refractivity contribution < 1.29 is 23.9 Å². The fourth-order valence-electron chi connectivity index (χ4n) is 4.16. The predicted molar refractivity (Wildman–Crippen MR) is 124 cm³/mol. The molecule has 8 heteroatoms. The lowest BCUT2D eigenvalue weighted by Crippen LogP contribution is -2.15. The molecule has 0 radical (unpaired) electrons. The van der Waals surface area contributed by atoms with Crippen LogP contribution in [0.25, 0.3) is 22.2 Å². The second-order valence-electron chi connectivity index (χ2n) is 7.88. The van der Waals surface area contributed by atoms with Gasteiger partial charge in [-0.15, -0.1) is 0 Å². The molecule has 5 rings (SSSR count). The third-order valence-electron chi connectivity index (χ3n) is 5.73. The number of para-hydroxylation sites is 1. The third kappa shape index (κ3) is 3.95. The maximum absolute atomic E-state index is 13.4. The fourth-order valence-corrected chi connectivity index (χ4v) is 4.16. The molecular formula is C26H20N2O6. The van der Waals surface area contributed by atoms with Gasteiger partial charge in [0.25, 0.3) is 5.69 Å². The molecule has 1 aliphatic heterocycles. The highest BCUT2D eigenvalue weighted by Gasteiger charge is 2.24. The largest absolute Gasteiger partial charge is 0.467 e. The number of hydrogen-bond donors (Lipinski definition) is 0. The number of nitrogens with zero attached hydrogens (tertiary/aromatic N) is 2. The van der Waals surface area contributed by atoms with Crippen molar-refractivity contribution in [2.75, 3.05) is 6.79 Å². The zero-order valence-corrected chi connectivity index (χ0v) is 18.3. The Labute approximate surface area is 194 Å². The number of hydrogen-bond acceptors (Lipinski definition) is 7. The van der Waals surface area contributed by atoms with Gasteiger partial charge in [-0.2, -0.15) is 0 Å². The molecule has 2 heterocycles. The quantitative estimate of drug-likeness (QED) is 0.227. The number of nitro groups is 1. The number of benzene rings is 3. The minimum absolute atomic E-state index is 0.0281. The van der Waals surface area contributed by atoms with E-state index in [4.69, 9.17) is 19.2 Å². The maximum atomic E-state index is 13.4. The summed E-state index contributed by atoms with van der Waals surface area (Å²) in [6, 6.07) is 19.8. The molecule has 0 N–H and O–H groups in total. The van der Waals surface area contributed by atoms with E-state index in [9.17, 15) is 14.9 Å². The van der Waals surface area contributed by atoms with E-state index in [-0.39, 0.29) is 25.7 Å². The smallest absolute Gasteiger partial charge is 0.339 e. The first kappa shape index (κ1) is 21.5. The molecule has 34 heavy (non-hydrogen) atoms. The lowest BCUT2D eigenvalue weighted by molar-refractivity contribution is -0.385. The average molecular weight is 456 g/mol. The van der Waals surface area contributed by atoms with Crippen LogP contribution in [0.4, 0.5) is 5.69 Å². The van der Waals surface area contributed by atoms with Crippen LogP contribution in [0.5, 0.6) is 5.75 Å². The number of fused-ring (bicyclic) bond motifs is 2. The Kier molecular flexibility index (Phi) is 5.65. The van der Waals surface area contributed by atoms with Crippen LogP contribution in [-0.2, 0) is 22.7 Å². The van der Waals surface area contributed by atoms with E-state index in [0.29, 0.717) is 44.6 Å². The molecule has 0 atom stereocenters. The Morgan fingerprint density at radius 2 is 1.88 bits per heavy atom. The van der Waals surface area contributed by atoms with Crippen molar-refractivity contribution in [2.24, 2.45) is 0 Å². The Morgan fingerprint density at radius 1 is 1.12 bits per heavy atom. The van der Waals surface area contributed by atoms with E-state index in [1.54, 1.807) is 0 Å². The Bertz CT molecular complexity index is 1420. The summed E-state index contributed by atoms with van der Waals surface area (Å²) in [5.74, 6) is -0.0912. The summed E-state index contributed by atoms with van der Waals surface area (Å²) in [5, 5.41) is 12.0. The van der Waals surface area contributed by atoms with Crippen LogP contribution in [0.2, 0.25) is 0 Å². The second-order valence-corrected chi connectivity index (χ2v) is 7.88. The summed E-state index contributed by atoms with van der Waals surface area (Å²) in [7, 11) is 0. The molecular weight excluding hydrogens is 436 g/mol. The summed E-state index contributed by atoms with van der Waals surface area (Å²) >= 11 is 0. The van der Waals surface area contributed by atoms with Gasteiger partial charge in [-0.25, -0.2) is 9.78 Å². The minimum atomic E-state index is -0.541. The molecule has 3 aromatic carbocycles. The fraction of sp³-hybridized carbons (Fsp3) is 0.154. The van der Waals surface area contributed by atoms with Crippen LogP contribution in [0.15, 0.2) is 66.7 Å². The molecule has 8 nitrogen and oxygen atoms in total. The van der Waals surface area contributed by atoms with E-state index in [1.807, 2.05) is 61.5 Å². The number of carbonyl (C=O) groups excluding carboxylic acids is 1. The van der Waals surface area contributed by atoms with Crippen molar-refractivity contribution in [1.82, 2.24) is 4.98 Å². The Morgan fingerprint density at radius 3 is 2.68 bits per heavy atom. The molecule has 0 aliphatic carbocycles. The Balaban J connectivity index is 1.53. The lowest BCUT2D eigenvalue weighted by Gasteiger charge is -2.20. The molecule has 4 aromatic rings. The number of pyridine rings is 1. The van der Waals surface area contributed by atoms with Crippen LogP contribution in [0, 0.1) is 17.0 Å². The van der Waals surface area contributed by atoms with Gasteiger partial charge in [-0.05, 0) is 18.6 Å². The van der Waals surface area contributed by atoms with Gasteiger partial charge in [-0.3, -0.25) is 10.1 Å². The molecule has 1 aliphatic rings. The van der Waals surface area contributed by atoms with Gasteiger partial charge in [0.05, 0.1) is 28.3 Å². The summed E-state index contributed by atoms with van der Waals surface area (Å²) in [6.45, 7) is 1.88. The zero-order valence-electron chi connectivity index (χ0n) is 18.3. The highest BCUT2D eigenvalue weighted by Crippen LogP contribution is 2.34. The van der Waals surface area contributed by atoms with Crippen LogP contribution in [0.3, 0.4) is 0 Å². The van der Waals surface area contributed by atoms with Crippen LogP contribution >= 0.6 is 0 Å². The van der Waals surface area contributed by atoms with Crippen molar-refractivity contribution in [3.05, 3.63) is 99.1 Å². The molecule has 0 fully saturated rings. The number of aromatic nitrogens is 1. The van der Waals surface area contributed by atoms with Gasteiger partial charge in [0, 0.05) is 34.2 Å². The zero-order chi connectivity index (χ0) is 23.7. The first-order chi connectivity index (χ1) is 16.5. The van der Waals surface area contributed by atoms with Gasteiger partial charge in [0.15, 0.2) is 6.79 Å². The molecule has 170 valence electrons. The molecule has 0 saturated heterocycles. The summed E-state index contributed by atoms with van der Waals surface area (Å²) in [6.07, 6.45) is 0. The number of nitro benzene ring substituents is 1. The SMILES string of the molecule is Cc1c(-c2ccccc2)nc2ccccc2c1C(=O)OCc1cc([N+](=O)[O-])cc2c1OCOC2. The van der Waals surface area contributed by atoms with Gasteiger partial charge in [0.1, 0.15) is 12.4 Å². The Hall–Kier alpha value is -4.30. The highest BCUT2D eigenvalue weighted by atomic mass is 16.7. The molecule has 0 saturated carbocycles. The van der Waals surface area contributed by atoms with E-state index in [1.165, 1.54) is 12.1 Å². The number of esters is 1. The number of rotatable bonds is 5. The summed E-state index contributed by atoms with van der Waals surface area (Å²) < 4.78 is 16.5. The topological polar surface area (TPSA) is 101 Å². The van der Waals surface area contributed by atoms with Crippen molar-refractivity contribution in [1.29, 1.82) is 0 Å². The van der Waals surface area contributed by atoms with E-state index < -0.39 is 10.9 Å². The highest BCUT2D eigenvalue weighted by molar-refractivity contribution is 6.06.